The summed E-state index contributed by atoms with van der Waals surface area (Å²) in [5.74, 6) is 0. The fraction of sp³-hybridized carbons (Fsp3) is 0.133. The Labute approximate surface area is 115 Å². The van der Waals surface area contributed by atoms with Crippen LogP contribution in [0, 0.1) is 0 Å². The van der Waals surface area contributed by atoms with E-state index < -0.39 is 6.10 Å². The molecule has 1 aromatic heterocycles. The van der Waals surface area contributed by atoms with E-state index in [9.17, 15) is 5.11 Å². The first-order valence-electron chi connectivity index (χ1n) is 6.13. The van der Waals surface area contributed by atoms with E-state index in [1.165, 1.54) is 0 Å². The predicted octanol–water partition coefficient (Wildman–Crippen LogP) is 3.77. The van der Waals surface area contributed by atoms with Gasteiger partial charge in [-0.15, -0.1) is 0 Å². The van der Waals surface area contributed by atoms with Gasteiger partial charge in [0.1, 0.15) is 0 Å². The summed E-state index contributed by atoms with van der Waals surface area (Å²) in [5.41, 5.74) is 2.91. The second kappa shape index (κ2) is 5.07. The van der Waals surface area contributed by atoms with Crippen molar-refractivity contribution in [1.29, 1.82) is 0 Å². The number of imidazole rings is 1. The Bertz CT molecular complexity index is 673. The summed E-state index contributed by atoms with van der Waals surface area (Å²) in [7, 11) is 0. The van der Waals surface area contributed by atoms with E-state index in [2.05, 4.69) is 9.97 Å². The van der Waals surface area contributed by atoms with Gasteiger partial charge in [0.15, 0.2) is 5.16 Å². The first-order valence-corrected chi connectivity index (χ1v) is 6.95. The number of hydrogen-bond donors (Lipinski definition) is 2. The van der Waals surface area contributed by atoms with Crippen LogP contribution >= 0.6 is 11.8 Å². The minimum absolute atomic E-state index is 0.479. The zero-order valence-corrected chi connectivity index (χ0v) is 11.3. The summed E-state index contributed by atoms with van der Waals surface area (Å²) >= 11 is 1.54. The highest BCUT2D eigenvalue weighted by Crippen LogP contribution is 2.32. The lowest BCUT2D eigenvalue weighted by Crippen LogP contribution is -1.93. The largest absolute Gasteiger partial charge is 0.389 e. The van der Waals surface area contributed by atoms with Crippen LogP contribution in [0.2, 0.25) is 0 Å². The van der Waals surface area contributed by atoms with Crippen LogP contribution < -0.4 is 0 Å². The van der Waals surface area contributed by atoms with Crippen molar-refractivity contribution < 1.29 is 5.11 Å². The fourth-order valence-corrected chi connectivity index (χ4v) is 3.02. The van der Waals surface area contributed by atoms with Gasteiger partial charge in [-0.25, -0.2) is 4.98 Å². The third kappa shape index (κ3) is 2.50. The van der Waals surface area contributed by atoms with E-state index in [-0.39, 0.29) is 0 Å². The summed E-state index contributed by atoms with van der Waals surface area (Å²) in [4.78, 5) is 8.84. The van der Waals surface area contributed by atoms with Crippen LogP contribution in [-0.2, 0) is 0 Å². The zero-order chi connectivity index (χ0) is 13.2. The lowest BCUT2D eigenvalue weighted by atomic mass is 10.1. The lowest BCUT2D eigenvalue weighted by Gasteiger charge is -2.09. The molecule has 0 saturated heterocycles. The lowest BCUT2D eigenvalue weighted by molar-refractivity contribution is 0.196. The van der Waals surface area contributed by atoms with E-state index in [0.29, 0.717) is 0 Å². The summed E-state index contributed by atoms with van der Waals surface area (Å²) < 4.78 is 0. The molecular formula is C15H14N2OS. The van der Waals surface area contributed by atoms with Gasteiger partial charge < -0.3 is 10.1 Å². The van der Waals surface area contributed by atoms with Crippen molar-refractivity contribution in [3.63, 3.8) is 0 Å². The number of aliphatic hydroxyl groups is 1. The van der Waals surface area contributed by atoms with Gasteiger partial charge in [0, 0.05) is 4.90 Å². The monoisotopic (exact) mass is 270 g/mol. The Morgan fingerprint density at radius 1 is 1.11 bits per heavy atom. The minimum Gasteiger partial charge on any atom is -0.389 e. The standard InChI is InChI=1S/C15H14N2OS/c1-10(18)11-6-2-5-9-14(11)19-15-16-12-7-3-4-8-13(12)17-15/h2-10,18H,1H3,(H,16,17)/t10-/m0/s1. The fourth-order valence-electron chi connectivity index (χ4n) is 2.00. The first-order chi connectivity index (χ1) is 9.24. The number of aromatic nitrogens is 2. The predicted molar refractivity (Wildman–Crippen MR) is 77.3 cm³/mol. The molecule has 1 atom stereocenters. The van der Waals surface area contributed by atoms with Crippen molar-refractivity contribution >= 4 is 22.8 Å². The van der Waals surface area contributed by atoms with Gasteiger partial charge in [0.2, 0.25) is 0 Å². The quantitative estimate of drug-likeness (QED) is 0.761. The molecule has 0 saturated carbocycles. The summed E-state index contributed by atoms with van der Waals surface area (Å²) in [6, 6.07) is 15.8. The molecule has 0 amide bonds. The molecule has 0 unspecified atom stereocenters. The number of H-pyrrole nitrogens is 1. The Hall–Kier alpha value is -1.78. The molecule has 0 fully saturated rings. The van der Waals surface area contributed by atoms with Crippen molar-refractivity contribution in [2.75, 3.05) is 0 Å². The van der Waals surface area contributed by atoms with Gasteiger partial charge in [0.25, 0.3) is 0 Å². The highest BCUT2D eigenvalue weighted by atomic mass is 32.2. The second-order valence-corrected chi connectivity index (χ2v) is 5.41. The van der Waals surface area contributed by atoms with E-state index in [1.54, 1.807) is 18.7 Å². The molecule has 0 radical (unpaired) electrons. The molecular weight excluding hydrogens is 256 g/mol. The van der Waals surface area contributed by atoms with Gasteiger partial charge in [-0.1, -0.05) is 42.1 Å². The third-order valence-electron chi connectivity index (χ3n) is 2.94. The summed E-state index contributed by atoms with van der Waals surface area (Å²) in [6.07, 6.45) is -0.479. The van der Waals surface area contributed by atoms with Crippen molar-refractivity contribution in [1.82, 2.24) is 9.97 Å². The molecule has 0 spiro atoms. The van der Waals surface area contributed by atoms with Gasteiger partial charge >= 0.3 is 0 Å². The maximum atomic E-state index is 9.78. The van der Waals surface area contributed by atoms with Crippen molar-refractivity contribution in [2.45, 2.75) is 23.1 Å². The highest BCUT2D eigenvalue weighted by molar-refractivity contribution is 7.99. The van der Waals surface area contributed by atoms with Gasteiger partial charge in [-0.3, -0.25) is 0 Å². The van der Waals surface area contributed by atoms with Gasteiger partial charge in [-0.05, 0) is 30.7 Å². The first kappa shape index (κ1) is 12.3. The average molecular weight is 270 g/mol. The molecule has 0 aliphatic heterocycles. The number of hydrogen-bond acceptors (Lipinski definition) is 3. The number of para-hydroxylation sites is 2. The van der Waals surface area contributed by atoms with Crippen LogP contribution in [0.3, 0.4) is 0 Å². The van der Waals surface area contributed by atoms with Crippen molar-refractivity contribution in [3.05, 3.63) is 54.1 Å². The molecule has 2 N–H and O–H groups in total. The molecule has 1 heterocycles. The van der Waals surface area contributed by atoms with Crippen LogP contribution in [0.1, 0.15) is 18.6 Å². The molecule has 19 heavy (non-hydrogen) atoms. The summed E-state index contributed by atoms with van der Waals surface area (Å²) in [6.45, 7) is 1.78. The van der Waals surface area contributed by atoms with Gasteiger partial charge in [0.05, 0.1) is 17.1 Å². The van der Waals surface area contributed by atoms with E-state index in [1.807, 2.05) is 48.5 Å². The van der Waals surface area contributed by atoms with E-state index >= 15 is 0 Å². The normalized spacial score (nSPS) is 12.7. The SMILES string of the molecule is C[C@H](O)c1ccccc1Sc1nc2ccccc2[nH]1. The summed E-state index contributed by atoms with van der Waals surface area (Å²) in [5, 5.41) is 10.6. The number of nitrogens with zero attached hydrogens (tertiary/aromatic N) is 1. The number of rotatable bonds is 3. The molecule has 3 nitrogen and oxygen atoms in total. The van der Waals surface area contributed by atoms with Crippen LogP contribution in [0.5, 0.6) is 0 Å². The topological polar surface area (TPSA) is 48.9 Å². The van der Waals surface area contributed by atoms with Crippen LogP contribution in [0.4, 0.5) is 0 Å². The number of benzene rings is 2. The van der Waals surface area contributed by atoms with Crippen LogP contribution in [-0.4, -0.2) is 15.1 Å². The van der Waals surface area contributed by atoms with Crippen molar-refractivity contribution in [3.8, 4) is 0 Å². The molecule has 2 aromatic carbocycles. The number of fused-ring (bicyclic) bond motifs is 1. The van der Waals surface area contributed by atoms with Crippen molar-refractivity contribution in [2.24, 2.45) is 0 Å². The number of aromatic amines is 1. The van der Waals surface area contributed by atoms with E-state index in [4.69, 9.17) is 0 Å². The number of aliphatic hydroxyl groups excluding tert-OH is 1. The molecule has 4 heteroatoms. The smallest absolute Gasteiger partial charge is 0.171 e. The average Bonchev–Trinajstić information content (AvgIpc) is 2.81. The molecule has 3 aromatic rings. The minimum atomic E-state index is -0.479. The number of nitrogens with one attached hydrogen (secondary N) is 1. The van der Waals surface area contributed by atoms with E-state index in [0.717, 1.165) is 26.6 Å². The highest BCUT2D eigenvalue weighted by Gasteiger charge is 2.10. The van der Waals surface area contributed by atoms with Crippen LogP contribution in [0.25, 0.3) is 11.0 Å². The zero-order valence-electron chi connectivity index (χ0n) is 10.5. The second-order valence-electron chi connectivity index (χ2n) is 4.37. The Kier molecular flexibility index (Phi) is 3.27. The van der Waals surface area contributed by atoms with Crippen LogP contribution in [0.15, 0.2) is 58.6 Å². The Morgan fingerprint density at radius 3 is 2.63 bits per heavy atom. The maximum absolute atomic E-state index is 9.78. The molecule has 96 valence electrons. The molecule has 0 bridgehead atoms. The Balaban J connectivity index is 1.97. The molecule has 3 rings (SSSR count). The van der Waals surface area contributed by atoms with Gasteiger partial charge in [-0.2, -0.15) is 0 Å². The third-order valence-corrected chi connectivity index (χ3v) is 3.92. The molecule has 0 aliphatic rings. The Morgan fingerprint density at radius 2 is 1.84 bits per heavy atom. The maximum Gasteiger partial charge on any atom is 0.171 e. The molecule has 0 aliphatic carbocycles.